The lowest BCUT2D eigenvalue weighted by Crippen LogP contribution is -2.27. The number of benzene rings is 2. The average Bonchev–Trinajstić information content (AvgIpc) is 2.74. The summed E-state index contributed by atoms with van der Waals surface area (Å²) in [5.41, 5.74) is 1.67. The fourth-order valence-corrected chi connectivity index (χ4v) is 3.51. The highest BCUT2D eigenvalue weighted by Gasteiger charge is 2.33. The van der Waals surface area contributed by atoms with Crippen LogP contribution in [0.2, 0.25) is 5.02 Å². The predicted octanol–water partition coefficient (Wildman–Crippen LogP) is 4.75. The molecule has 3 rings (SSSR count). The first-order valence-electron chi connectivity index (χ1n) is 6.24. The van der Waals surface area contributed by atoms with E-state index in [1.807, 2.05) is 54.6 Å². The van der Waals surface area contributed by atoms with Crippen molar-refractivity contribution in [2.45, 2.75) is 0 Å². The Morgan fingerprint density at radius 3 is 2.57 bits per heavy atom. The van der Waals surface area contributed by atoms with Crippen molar-refractivity contribution in [3.05, 3.63) is 70.1 Å². The number of halogens is 1. The molecular weight excluding hydrogens is 322 g/mol. The Bertz CT molecular complexity index is 743. The summed E-state index contributed by atoms with van der Waals surface area (Å²) in [5, 5.41) is 0.641. The maximum Gasteiger partial charge on any atom is 0.270 e. The summed E-state index contributed by atoms with van der Waals surface area (Å²) < 4.78 is 0.541. The van der Waals surface area contributed by atoms with E-state index >= 15 is 0 Å². The van der Waals surface area contributed by atoms with E-state index in [4.69, 9.17) is 23.8 Å². The number of amides is 1. The maximum atomic E-state index is 12.5. The van der Waals surface area contributed by atoms with E-state index in [1.54, 1.807) is 11.0 Å². The fourth-order valence-electron chi connectivity index (χ4n) is 2.02. The SMILES string of the molecule is O=C1/C(=C\c2cccc(Cl)c2)SC(=S)N1c1ccccc1. The Hall–Kier alpha value is -1.62. The zero-order valence-electron chi connectivity index (χ0n) is 10.8. The maximum absolute atomic E-state index is 12.5. The van der Waals surface area contributed by atoms with Crippen molar-refractivity contribution in [2.24, 2.45) is 0 Å². The minimum Gasteiger partial charge on any atom is -0.268 e. The summed E-state index contributed by atoms with van der Waals surface area (Å²) in [6.45, 7) is 0. The van der Waals surface area contributed by atoms with E-state index in [0.717, 1.165) is 11.3 Å². The molecule has 1 aliphatic heterocycles. The molecule has 0 saturated carbocycles. The average molecular weight is 332 g/mol. The van der Waals surface area contributed by atoms with Gasteiger partial charge in [-0.15, -0.1) is 0 Å². The van der Waals surface area contributed by atoms with Crippen molar-refractivity contribution in [2.75, 3.05) is 4.90 Å². The number of hydrogen-bond donors (Lipinski definition) is 0. The van der Waals surface area contributed by atoms with Gasteiger partial charge in [0, 0.05) is 5.02 Å². The van der Waals surface area contributed by atoms with Crippen LogP contribution in [0, 0.1) is 0 Å². The van der Waals surface area contributed by atoms with Gasteiger partial charge < -0.3 is 0 Å². The summed E-state index contributed by atoms with van der Waals surface area (Å²) in [4.78, 5) is 14.7. The van der Waals surface area contributed by atoms with Gasteiger partial charge in [0.15, 0.2) is 4.32 Å². The molecule has 104 valence electrons. The first-order chi connectivity index (χ1) is 10.1. The molecule has 2 aromatic carbocycles. The van der Waals surface area contributed by atoms with Crippen molar-refractivity contribution in [1.29, 1.82) is 0 Å². The normalized spacial score (nSPS) is 16.8. The molecule has 0 aromatic heterocycles. The first-order valence-corrected chi connectivity index (χ1v) is 7.84. The van der Waals surface area contributed by atoms with Crippen LogP contribution < -0.4 is 4.90 Å². The zero-order valence-corrected chi connectivity index (χ0v) is 13.2. The van der Waals surface area contributed by atoms with Crippen LogP contribution in [0.1, 0.15) is 5.56 Å². The monoisotopic (exact) mass is 331 g/mol. The van der Waals surface area contributed by atoms with Gasteiger partial charge in [0.05, 0.1) is 10.6 Å². The van der Waals surface area contributed by atoms with E-state index in [9.17, 15) is 4.79 Å². The Balaban J connectivity index is 1.94. The second-order valence-corrected chi connectivity index (χ2v) is 6.52. The number of thiocarbonyl (C=S) groups is 1. The molecule has 5 heteroatoms. The van der Waals surface area contributed by atoms with Crippen molar-refractivity contribution < 1.29 is 4.79 Å². The Morgan fingerprint density at radius 2 is 1.86 bits per heavy atom. The first kappa shape index (κ1) is 14.3. The number of anilines is 1. The molecule has 1 fully saturated rings. The van der Waals surface area contributed by atoms with Gasteiger partial charge >= 0.3 is 0 Å². The number of hydrogen-bond acceptors (Lipinski definition) is 3. The van der Waals surface area contributed by atoms with E-state index in [1.165, 1.54) is 11.8 Å². The van der Waals surface area contributed by atoms with Crippen LogP contribution in [-0.4, -0.2) is 10.2 Å². The third-order valence-electron chi connectivity index (χ3n) is 2.95. The predicted molar refractivity (Wildman–Crippen MR) is 93.5 cm³/mol. The minimum atomic E-state index is -0.101. The van der Waals surface area contributed by atoms with Gasteiger partial charge in [0.1, 0.15) is 0 Å². The van der Waals surface area contributed by atoms with Crippen LogP contribution in [0.5, 0.6) is 0 Å². The Morgan fingerprint density at radius 1 is 1.10 bits per heavy atom. The van der Waals surface area contributed by atoms with Gasteiger partial charge in [0.25, 0.3) is 5.91 Å². The second-order valence-electron chi connectivity index (χ2n) is 4.41. The zero-order chi connectivity index (χ0) is 14.8. The topological polar surface area (TPSA) is 20.3 Å². The van der Waals surface area contributed by atoms with Crippen LogP contribution >= 0.6 is 35.6 Å². The van der Waals surface area contributed by atoms with E-state index in [0.29, 0.717) is 14.2 Å². The number of nitrogens with zero attached hydrogens (tertiary/aromatic N) is 1. The molecule has 1 amide bonds. The molecule has 0 spiro atoms. The molecule has 0 radical (unpaired) electrons. The number of carbonyl (C=O) groups is 1. The van der Waals surface area contributed by atoms with Crippen molar-refractivity contribution in [3.63, 3.8) is 0 Å². The second kappa shape index (κ2) is 6.02. The Labute approximate surface area is 137 Å². The quantitative estimate of drug-likeness (QED) is 0.585. The molecule has 0 atom stereocenters. The van der Waals surface area contributed by atoms with Crippen molar-refractivity contribution in [3.8, 4) is 0 Å². The highest BCUT2D eigenvalue weighted by Crippen LogP contribution is 2.35. The van der Waals surface area contributed by atoms with E-state index in [-0.39, 0.29) is 5.91 Å². The molecule has 0 N–H and O–H groups in total. The molecular formula is C16H10ClNOS2. The molecule has 0 aliphatic carbocycles. The van der Waals surface area contributed by atoms with Gasteiger partial charge in [-0.2, -0.15) is 0 Å². The molecule has 0 unspecified atom stereocenters. The van der Waals surface area contributed by atoms with Gasteiger partial charge in [-0.1, -0.05) is 65.9 Å². The highest BCUT2D eigenvalue weighted by molar-refractivity contribution is 8.27. The third kappa shape index (κ3) is 3.02. The molecule has 2 aromatic rings. The number of rotatable bonds is 2. The molecule has 1 saturated heterocycles. The van der Waals surface area contributed by atoms with Crippen LogP contribution in [0.15, 0.2) is 59.5 Å². The molecule has 2 nitrogen and oxygen atoms in total. The largest absolute Gasteiger partial charge is 0.270 e. The minimum absolute atomic E-state index is 0.101. The fraction of sp³-hybridized carbons (Fsp3) is 0. The molecule has 1 heterocycles. The lowest BCUT2D eigenvalue weighted by atomic mass is 10.2. The summed E-state index contributed by atoms with van der Waals surface area (Å²) in [6, 6.07) is 16.8. The van der Waals surface area contributed by atoms with Gasteiger partial charge in [-0.25, -0.2) is 0 Å². The van der Waals surface area contributed by atoms with Gasteiger partial charge in [-0.3, -0.25) is 9.69 Å². The van der Waals surface area contributed by atoms with E-state index < -0.39 is 0 Å². The van der Waals surface area contributed by atoms with Crippen LogP contribution in [0.3, 0.4) is 0 Å². The third-order valence-corrected chi connectivity index (χ3v) is 4.49. The molecule has 21 heavy (non-hydrogen) atoms. The van der Waals surface area contributed by atoms with Crippen molar-refractivity contribution in [1.82, 2.24) is 0 Å². The number of para-hydroxylation sites is 1. The number of carbonyl (C=O) groups excluding carboxylic acids is 1. The Kier molecular flexibility index (Phi) is 4.10. The molecule has 0 bridgehead atoms. The van der Waals surface area contributed by atoms with Gasteiger partial charge in [-0.05, 0) is 35.9 Å². The summed E-state index contributed by atoms with van der Waals surface area (Å²) in [6.07, 6.45) is 1.81. The summed E-state index contributed by atoms with van der Waals surface area (Å²) >= 11 is 12.6. The van der Waals surface area contributed by atoms with Crippen LogP contribution in [0.4, 0.5) is 5.69 Å². The van der Waals surface area contributed by atoms with Crippen LogP contribution in [0.25, 0.3) is 6.08 Å². The lowest BCUT2D eigenvalue weighted by molar-refractivity contribution is -0.113. The smallest absolute Gasteiger partial charge is 0.268 e. The molecule has 1 aliphatic rings. The van der Waals surface area contributed by atoms with Crippen LogP contribution in [-0.2, 0) is 4.79 Å². The highest BCUT2D eigenvalue weighted by atomic mass is 35.5. The number of thioether (sulfide) groups is 1. The van der Waals surface area contributed by atoms with E-state index in [2.05, 4.69) is 0 Å². The van der Waals surface area contributed by atoms with Gasteiger partial charge in [0.2, 0.25) is 0 Å². The summed E-state index contributed by atoms with van der Waals surface area (Å²) in [7, 11) is 0. The lowest BCUT2D eigenvalue weighted by Gasteiger charge is -2.13. The standard InChI is InChI=1S/C16H10ClNOS2/c17-12-6-4-5-11(9-12)10-14-15(19)18(16(20)21-14)13-7-2-1-3-8-13/h1-10H/b14-10+. The van der Waals surface area contributed by atoms with Crippen molar-refractivity contribution >= 4 is 57.6 Å². The summed E-state index contributed by atoms with van der Waals surface area (Å²) in [5.74, 6) is -0.101.